The van der Waals surface area contributed by atoms with E-state index >= 15 is 0 Å². The van der Waals surface area contributed by atoms with E-state index in [1.54, 1.807) is 72.8 Å². The Balaban J connectivity index is 1.33. The van der Waals surface area contributed by atoms with Gasteiger partial charge in [-0.2, -0.15) is 5.10 Å². The van der Waals surface area contributed by atoms with E-state index in [1.807, 2.05) is 36.4 Å². The second-order valence-electron chi connectivity index (χ2n) is 7.77. The Morgan fingerprint density at radius 3 is 2.03 bits per heavy atom. The molecule has 0 aliphatic carbocycles. The lowest BCUT2D eigenvalue weighted by Crippen LogP contribution is -2.18. The highest BCUT2D eigenvalue weighted by molar-refractivity contribution is 6.04. The molecule has 0 radical (unpaired) electrons. The van der Waals surface area contributed by atoms with Crippen molar-refractivity contribution in [3.8, 4) is 5.75 Å². The number of nitrogens with one attached hydrogen (secondary N) is 2. The minimum atomic E-state index is -0.425. The molecule has 0 saturated carbocycles. The average molecular weight is 478 g/mol. The van der Waals surface area contributed by atoms with E-state index in [0.717, 1.165) is 5.56 Å². The molecule has 2 N–H and O–H groups in total. The minimum absolute atomic E-state index is 0.144. The number of rotatable bonds is 8. The quantitative estimate of drug-likeness (QED) is 0.164. The molecule has 36 heavy (non-hydrogen) atoms. The molecule has 178 valence electrons. The molecule has 0 aromatic heterocycles. The highest BCUT2D eigenvalue weighted by Gasteiger charge is 2.10. The first kappa shape index (κ1) is 24.1. The Morgan fingerprint density at radius 2 is 1.31 bits per heavy atom. The minimum Gasteiger partial charge on any atom is -0.426 e. The number of ether oxygens (including phenoxy) is 1. The number of esters is 1. The van der Waals surface area contributed by atoms with Gasteiger partial charge in [-0.05, 0) is 54.1 Å². The molecule has 7 nitrogen and oxygen atoms in total. The summed E-state index contributed by atoms with van der Waals surface area (Å²) in [4.78, 5) is 37.0. The topological polar surface area (TPSA) is 96.9 Å². The first-order valence-corrected chi connectivity index (χ1v) is 11.2. The van der Waals surface area contributed by atoms with E-state index < -0.39 is 11.9 Å². The van der Waals surface area contributed by atoms with Crippen molar-refractivity contribution in [2.24, 2.45) is 5.10 Å². The largest absolute Gasteiger partial charge is 0.426 e. The zero-order valence-corrected chi connectivity index (χ0v) is 19.3. The van der Waals surface area contributed by atoms with Crippen molar-refractivity contribution in [3.05, 3.63) is 131 Å². The number of carbonyl (C=O) groups is 3. The second kappa shape index (κ2) is 11.9. The Labute approximate surface area is 208 Å². The normalized spacial score (nSPS) is 10.6. The fourth-order valence-corrected chi connectivity index (χ4v) is 3.32. The van der Waals surface area contributed by atoms with Crippen LogP contribution >= 0.6 is 0 Å². The smallest absolute Gasteiger partial charge is 0.315 e. The average Bonchev–Trinajstić information content (AvgIpc) is 2.91. The number of nitrogens with zero attached hydrogens (tertiary/aromatic N) is 1. The molecule has 4 aromatic carbocycles. The molecule has 0 aliphatic rings. The first-order valence-electron chi connectivity index (χ1n) is 11.2. The molecule has 0 bridgehead atoms. The van der Waals surface area contributed by atoms with Gasteiger partial charge in [-0.25, -0.2) is 5.43 Å². The Morgan fingerprint density at radius 1 is 0.694 bits per heavy atom. The van der Waals surface area contributed by atoms with E-state index in [0.29, 0.717) is 28.1 Å². The van der Waals surface area contributed by atoms with Gasteiger partial charge in [-0.3, -0.25) is 14.4 Å². The maximum atomic E-state index is 12.5. The lowest BCUT2D eigenvalue weighted by molar-refractivity contribution is -0.133. The van der Waals surface area contributed by atoms with Crippen molar-refractivity contribution >= 4 is 29.7 Å². The summed E-state index contributed by atoms with van der Waals surface area (Å²) >= 11 is 0. The van der Waals surface area contributed by atoms with Crippen molar-refractivity contribution in [1.29, 1.82) is 0 Å². The predicted octanol–water partition coefficient (Wildman–Crippen LogP) is 4.85. The van der Waals surface area contributed by atoms with Crippen LogP contribution in [0.2, 0.25) is 0 Å². The maximum Gasteiger partial charge on any atom is 0.315 e. The highest BCUT2D eigenvalue weighted by atomic mass is 16.5. The van der Waals surface area contributed by atoms with Crippen LogP contribution in [0.25, 0.3) is 0 Å². The van der Waals surface area contributed by atoms with Crippen molar-refractivity contribution < 1.29 is 19.1 Å². The number of para-hydroxylation sites is 1. The molecule has 2 amide bonds. The van der Waals surface area contributed by atoms with Gasteiger partial charge in [0.1, 0.15) is 5.75 Å². The molecule has 4 rings (SSSR count). The fourth-order valence-electron chi connectivity index (χ4n) is 3.32. The van der Waals surface area contributed by atoms with Gasteiger partial charge in [0.15, 0.2) is 0 Å². The summed E-state index contributed by atoms with van der Waals surface area (Å²) in [5.74, 6) is -0.716. The van der Waals surface area contributed by atoms with E-state index in [9.17, 15) is 14.4 Å². The van der Waals surface area contributed by atoms with Gasteiger partial charge in [-0.15, -0.1) is 0 Å². The molecule has 0 saturated heterocycles. The van der Waals surface area contributed by atoms with E-state index in [1.165, 1.54) is 6.21 Å². The number of hydrogen-bond donors (Lipinski definition) is 2. The number of hydrazone groups is 1. The third kappa shape index (κ3) is 6.74. The lowest BCUT2D eigenvalue weighted by atomic mass is 10.1. The standard InChI is InChI=1S/C29H23N3O4/c33-27(19-21-9-3-1-4-10-21)36-26-14-8-7-13-24(26)20-30-32-29(35)23-15-17-25(18-16-23)31-28(34)22-11-5-2-6-12-22/h1-18,20H,19H2,(H,31,34)(H,32,35)/b30-20-. The number of carbonyl (C=O) groups excluding carboxylic acids is 3. The summed E-state index contributed by atoms with van der Waals surface area (Å²) in [5, 5.41) is 6.78. The van der Waals surface area contributed by atoms with Crippen LogP contribution < -0.4 is 15.5 Å². The van der Waals surface area contributed by atoms with Crippen LogP contribution in [-0.4, -0.2) is 24.0 Å². The van der Waals surface area contributed by atoms with Gasteiger partial charge < -0.3 is 10.1 Å². The summed E-state index contributed by atoms with van der Waals surface area (Å²) in [7, 11) is 0. The summed E-state index contributed by atoms with van der Waals surface area (Å²) in [6.45, 7) is 0. The fraction of sp³-hybridized carbons (Fsp3) is 0.0345. The van der Waals surface area contributed by atoms with Gasteiger partial charge >= 0.3 is 5.97 Å². The summed E-state index contributed by atoms with van der Waals surface area (Å²) in [6.07, 6.45) is 1.56. The maximum absolute atomic E-state index is 12.5. The van der Waals surface area contributed by atoms with Gasteiger partial charge in [0.05, 0.1) is 12.6 Å². The van der Waals surface area contributed by atoms with Crippen LogP contribution in [0, 0.1) is 0 Å². The molecule has 0 fully saturated rings. The molecule has 4 aromatic rings. The molecule has 0 atom stereocenters. The third-order valence-corrected chi connectivity index (χ3v) is 5.14. The van der Waals surface area contributed by atoms with Gasteiger partial charge in [0.2, 0.25) is 0 Å². The SMILES string of the molecule is O=C(Cc1ccccc1)Oc1ccccc1/C=N\NC(=O)c1ccc(NC(=O)c2ccccc2)cc1. The Bertz CT molecular complexity index is 1370. The Kier molecular flexibility index (Phi) is 7.96. The van der Waals surface area contributed by atoms with Gasteiger partial charge in [-0.1, -0.05) is 60.7 Å². The van der Waals surface area contributed by atoms with Gasteiger partial charge in [0.25, 0.3) is 11.8 Å². The second-order valence-corrected chi connectivity index (χ2v) is 7.77. The monoisotopic (exact) mass is 477 g/mol. The van der Waals surface area contributed by atoms with Crippen LogP contribution in [0.3, 0.4) is 0 Å². The van der Waals surface area contributed by atoms with Crippen molar-refractivity contribution in [2.75, 3.05) is 5.32 Å². The molecule has 0 heterocycles. The van der Waals surface area contributed by atoms with Crippen LogP contribution in [0.1, 0.15) is 31.8 Å². The number of hydrogen-bond acceptors (Lipinski definition) is 5. The molecule has 0 spiro atoms. The van der Waals surface area contributed by atoms with E-state index in [4.69, 9.17) is 4.74 Å². The van der Waals surface area contributed by atoms with E-state index in [-0.39, 0.29) is 12.3 Å². The number of benzene rings is 4. The predicted molar refractivity (Wildman–Crippen MR) is 138 cm³/mol. The van der Waals surface area contributed by atoms with E-state index in [2.05, 4.69) is 15.8 Å². The van der Waals surface area contributed by atoms with Gasteiger partial charge in [0, 0.05) is 22.4 Å². The van der Waals surface area contributed by atoms with Crippen LogP contribution in [-0.2, 0) is 11.2 Å². The summed E-state index contributed by atoms with van der Waals surface area (Å²) in [6, 6.07) is 31.5. The van der Waals surface area contributed by atoms with Crippen LogP contribution in [0.5, 0.6) is 5.75 Å². The number of anilines is 1. The van der Waals surface area contributed by atoms with Crippen molar-refractivity contribution in [3.63, 3.8) is 0 Å². The van der Waals surface area contributed by atoms with Crippen LogP contribution in [0.4, 0.5) is 5.69 Å². The molecule has 0 aliphatic heterocycles. The lowest BCUT2D eigenvalue weighted by Gasteiger charge is -2.08. The number of amides is 2. The summed E-state index contributed by atoms with van der Waals surface area (Å²) < 4.78 is 5.49. The van der Waals surface area contributed by atoms with Crippen molar-refractivity contribution in [1.82, 2.24) is 5.43 Å². The molecular weight excluding hydrogens is 454 g/mol. The van der Waals surface area contributed by atoms with Crippen molar-refractivity contribution in [2.45, 2.75) is 6.42 Å². The zero-order chi connectivity index (χ0) is 25.2. The molecule has 0 unspecified atom stereocenters. The van der Waals surface area contributed by atoms with Crippen LogP contribution in [0.15, 0.2) is 114 Å². The molecule has 7 heteroatoms. The third-order valence-electron chi connectivity index (χ3n) is 5.14. The highest BCUT2D eigenvalue weighted by Crippen LogP contribution is 2.17. The Hall–Kier alpha value is -5.04. The summed E-state index contributed by atoms with van der Waals surface area (Å²) in [5.41, 5.74) is 5.32. The molecular formula is C29H23N3O4. The first-order chi connectivity index (χ1) is 17.6. The zero-order valence-electron chi connectivity index (χ0n) is 19.3.